The first-order valence-corrected chi connectivity index (χ1v) is 8.23. The van der Waals surface area contributed by atoms with Gasteiger partial charge in [0.15, 0.2) is 5.78 Å². The minimum absolute atomic E-state index is 0.0308. The highest BCUT2D eigenvalue weighted by atomic mass is 127. The summed E-state index contributed by atoms with van der Waals surface area (Å²) in [5.41, 5.74) is 0.908. The van der Waals surface area contributed by atoms with Crippen LogP contribution in [0, 0.1) is 0 Å². The normalized spacial score (nSPS) is 17.6. The van der Waals surface area contributed by atoms with Gasteiger partial charge in [0.2, 0.25) is 0 Å². The van der Waals surface area contributed by atoms with Gasteiger partial charge in [-0.05, 0) is 40.3 Å². The van der Waals surface area contributed by atoms with E-state index in [9.17, 15) is 9.59 Å². The number of Topliss-reactive ketones (excluding diaryl/α,β-unsaturated/α-hetero) is 1. The molecule has 0 aliphatic carbocycles. The highest BCUT2D eigenvalue weighted by molar-refractivity contribution is 14.1. The molecule has 1 aliphatic heterocycles. The summed E-state index contributed by atoms with van der Waals surface area (Å²) in [4.78, 5) is 26.1. The van der Waals surface area contributed by atoms with E-state index >= 15 is 0 Å². The first kappa shape index (κ1) is 15.7. The van der Waals surface area contributed by atoms with Crippen LogP contribution in [0.15, 0.2) is 70.4 Å². The van der Waals surface area contributed by atoms with Gasteiger partial charge in [0.25, 0.3) is 0 Å². The number of carbonyl (C=O) groups is 2. The van der Waals surface area contributed by atoms with Gasteiger partial charge >= 0.3 is 6.09 Å². The molecule has 1 heterocycles. The number of ketones is 1. The average Bonchev–Trinajstić information content (AvgIpc) is 2.58. The van der Waals surface area contributed by atoms with Crippen LogP contribution in [0.1, 0.15) is 18.0 Å². The van der Waals surface area contributed by atoms with Crippen molar-refractivity contribution in [1.29, 1.82) is 0 Å². The van der Waals surface area contributed by atoms with E-state index in [-0.39, 0.29) is 18.2 Å². The molecule has 1 atom stereocenters. The van der Waals surface area contributed by atoms with Crippen LogP contribution in [0.25, 0.3) is 0 Å². The van der Waals surface area contributed by atoms with Crippen LogP contribution in [0.2, 0.25) is 0 Å². The maximum Gasteiger partial charge on any atom is 0.419 e. The molecule has 1 aliphatic rings. The number of amides is 1. The topological polar surface area (TPSA) is 46.6 Å². The molecule has 0 radical (unpaired) electrons. The minimum Gasteiger partial charge on any atom is -0.410 e. The molecule has 116 valence electrons. The van der Waals surface area contributed by atoms with Crippen LogP contribution in [-0.4, -0.2) is 16.8 Å². The average molecular weight is 419 g/mol. The Labute approximate surface area is 147 Å². The lowest BCUT2D eigenvalue weighted by molar-refractivity contribution is -0.116. The lowest BCUT2D eigenvalue weighted by Crippen LogP contribution is -2.37. The molecule has 0 saturated heterocycles. The van der Waals surface area contributed by atoms with E-state index in [1.54, 1.807) is 30.5 Å². The molecular formula is C18H14INO3. The minimum atomic E-state index is -0.494. The number of rotatable bonds is 2. The van der Waals surface area contributed by atoms with E-state index in [1.807, 2.05) is 59.0 Å². The summed E-state index contributed by atoms with van der Waals surface area (Å²) in [6, 6.07) is 18.1. The lowest BCUT2D eigenvalue weighted by atomic mass is 9.98. The third kappa shape index (κ3) is 3.61. The standard InChI is InChI=1S/C18H14INO3/c19-15-12-20(18(22)23-14-9-5-2-6-10-14)16(11-17(15)21)13-7-3-1-4-8-13/h1-10,12,16H,11H2/t16-/m1/s1. The second-order valence-electron chi connectivity index (χ2n) is 5.12. The summed E-state index contributed by atoms with van der Waals surface area (Å²) in [7, 11) is 0. The molecule has 1 amide bonds. The molecule has 0 spiro atoms. The first-order chi connectivity index (χ1) is 11.1. The van der Waals surface area contributed by atoms with Gasteiger partial charge in [-0.2, -0.15) is 0 Å². The van der Waals surface area contributed by atoms with Gasteiger partial charge in [-0.1, -0.05) is 48.5 Å². The van der Waals surface area contributed by atoms with Crippen molar-refractivity contribution in [1.82, 2.24) is 4.90 Å². The number of ether oxygens (including phenoxy) is 1. The van der Waals surface area contributed by atoms with Gasteiger partial charge < -0.3 is 4.74 Å². The third-order valence-electron chi connectivity index (χ3n) is 3.58. The number of halogens is 1. The molecule has 0 unspecified atom stereocenters. The van der Waals surface area contributed by atoms with Crippen molar-refractivity contribution in [2.24, 2.45) is 0 Å². The summed E-state index contributed by atoms with van der Waals surface area (Å²) in [6.45, 7) is 0. The van der Waals surface area contributed by atoms with Crippen LogP contribution < -0.4 is 4.74 Å². The maximum atomic E-state index is 12.5. The van der Waals surface area contributed by atoms with Gasteiger partial charge in [-0.3, -0.25) is 9.69 Å². The zero-order valence-corrected chi connectivity index (χ0v) is 14.3. The van der Waals surface area contributed by atoms with Crippen LogP contribution in [0.4, 0.5) is 4.79 Å². The fourth-order valence-corrected chi connectivity index (χ4v) is 2.95. The Morgan fingerprint density at radius 1 is 1.04 bits per heavy atom. The summed E-state index contributed by atoms with van der Waals surface area (Å²) in [5, 5.41) is 0. The zero-order chi connectivity index (χ0) is 16.2. The van der Waals surface area contributed by atoms with E-state index in [0.29, 0.717) is 9.33 Å². The first-order valence-electron chi connectivity index (χ1n) is 7.16. The number of para-hydroxylation sites is 1. The van der Waals surface area contributed by atoms with E-state index in [0.717, 1.165) is 5.56 Å². The molecule has 2 aromatic carbocycles. The van der Waals surface area contributed by atoms with Gasteiger partial charge in [-0.25, -0.2) is 4.79 Å². The van der Waals surface area contributed by atoms with E-state index < -0.39 is 6.09 Å². The van der Waals surface area contributed by atoms with E-state index in [2.05, 4.69) is 0 Å². The van der Waals surface area contributed by atoms with Crippen LogP contribution in [0.3, 0.4) is 0 Å². The second kappa shape index (κ2) is 6.95. The summed E-state index contributed by atoms with van der Waals surface area (Å²) >= 11 is 1.95. The summed E-state index contributed by atoms with van der Waals surface area (Å²) in [6.07, 6.45) is 1.32. The molecule has 23 heavy (non-hydrogen) atoms. The maximum absolute atomic E-state index is 12.5. The van der Waals surface area contributed by atoms with Crippen LogP contribution in [0.5, 0.6) is 5.75 Å². The van der Waals surface area contributed by atoms with E-state index in [1.165, 1.54) is 4.90 Å². The third-order valence-corrected chi connectivity index (χ3v) is 4.46. The lowest BCUT2D eigenvalue weighted by Gasteiger charge is -2.31. The molecular weight excluding hydrogens is 405 g/mol. The number of nitrogens with zero attached hydrogens (tertiary/aromatic N) is 1. The van der Waals surface area contributed by atoms with Gasteiger partial charge in [0.05, 0.1) is 9.62 Å². The molecule has 2 aromatic rings. The van der Waals surface area contributed by atoms with Crippen molar-refractivity contribution in [3.63, 3.8) is 0 Å². The second-order valence-corrected chi connectivity index (χ2v) is 6.28. The Morgan fingerprint density at radius 2 is 1.65 bits per heavy atom. The Morgan fingerprint density at radius 3 is 2.30 bits per heavy atom. The fourth-order valence-electron chi connectivity index (χ4n) is 2.43. The van der Waals surface area contributed by atoms with Gasteiger partial charge in [-0.15, -0.1) is 0 Å². The van der Waals surface area contributed by atoms with Crippen molar-refractivity contribution in [3.05, 3.63) is 76.0 Å². The molecule has 0 saturated carbocycles. The predicted molar refractivity (Wildman–Crippen MR) is 95.2 cm³/mol. The number of hydrogen-bond acceptors (Lipinski definition) is 3. The molecule has 0 bridgehead atoms. The van der Waals surface area contributed by atoms with Crippen molar-refractivity contribution in [2.45, 2.75) is 12.5 Å². The predicted octanol–water partition coefficient (Wildman–Crippen LogP) is 4.48. The number of allylic oxidation sites excluding steroid dienone is 1. The molecule has 3 rings (SSSR count). The molecule has 0 fully saturated rings. The smallest absolute Gasteiger partial charge is 0.410 e. The highest BCUT2D eigenvalue weighted by Gasteiger charge is 2.32. The van der Waals surface area contributed by atoms with Crippen molar-refractivity contribution < 1.29 is 14.3 Å². The molecule has 0 aromatic heterocycles. The quantitative estimate of drug-likeness (QED) is 0.675. The number of carbonyl (C=O) groups excluding carboxylic acids is 2. The SMILES string of the molecule is O=C1C[C@H](c2ccccc2)N(C(=O)Oc2ccccc2)C=C1I. The van der Waals surface area contributed by atoms with Crippen molar-refractivity contribution >= 4 is 34.5 Å². The largest absolute Gasteiger partial charge is 0.419 e. The van der Waals surface area contributed by atoms with Gasteiger partial charge in [0, 0.05) is 12.6 Å². The van der Waals surface area contributed by atoms with Crippen molar-refractivity contribution in [3.8, 4) is 5.75 Å². The van der Waals surface area contributed by atoms with Crippen LogP contribution in [-0.2, 0) is 4.79 Å². The Kier molecular flexibility index (Phi) is 4.76. The summed E-state index contributed by atoms with van der Waals surface area (Å²) < 4.78 is 5.94. The molecule has 0 N–H and O–H groups in total. The van der Waals surface area contributed by atoms with Gasteiger partial charge in [0.1, 0.15) is 5.75 Å². The Bertz CT molecular complexity index is 743. The zero-order valence-electron chi connectivity index (χ0n) is 12.2. The van der Waals surface area contributed by atoms with E-state index in [4.69, 9.17) is 4.74 Å². The van der Waals surface area contributed by atoms with Crippen LogP contribution >= 0.6 is 22.6 Å². The number of hydrogen-bond donors (Lipinski definition) is 0. The number of benzene rings is 2. The monoisotopic (exact) mass is 419 g/mol. The molecule has 5 heteroatoms. The van der Waals surface area contributed by atoms with Crippen molar-refractivity contribution in [2.75, 3.05) is 0 Å². The Balaban J connectivity index is 1.89. The summed E-state index contributed by atoms with van der Waals surface area (Å²) in [5.74, 6) is 0.507. The highest BCUT2D eigenvalue weighted by Crippen LogP contribution is 2.33. The molecule has 4 nitrogen and oxygen atoms in total. The fraction of sp³-hybridized carbons (Fsp3) is 0.111. The Hall–Kier alpha value is -2.15.